The monoisotopic (exact) mass is 388 g/mol. The Bertz CT molecular complexity index is 614. The van der Waals surface area contributed by atoms with Gasteiger partial charge in [0.05, 0.1) is 18.8 Å². The summed E-state index contributed by atoms with van der Waals surface area (Å²) in [6.45, 7) is 1.04. The van der Waals surface area contributed by atoms with Gasteiger partial charge < -0.3 is 9.84 Å². The first-order valence-corrected chi connectivity index (χ1v) is 7.33. The highest BCUT2D eigenvalue weighted by Crippen LogP contribution is 2.36. The van der Waals surface area contributed by atoms with Gasteiger partial charge in [-0.2, -0.15) is 0 Å². The Morgan fingerprint density at radius 2 is 2.13 bits per heavy atom. The first-order chi connectivity index (χ1) is 10.9. The Morgan fingerprint density at radius 3 is 2.70 bits per heavy atom. The average Bonchev–Trinajstić information content (AvgIpc) is 2.88. The van der Waals surface area contributed by atoms with Crippen molar-refractivity contribution < 1.29 is 19.4 Å². The van der Waals surface area contributed by atoms with Crippen LogP contribution in [0.2, 0.25) is 0 Å². The van der Waals surface area contributed by atoms with Crippen LogP contribution >= 0.6 is 15.9 Å². The molecule has 0 spiro atoms. The molecule has 0 aliphatic carbocycles. The quantitative estimate of drug-likeness (QED) is 0.317. The van der Waals surface area contributed by atoms with Crippen LogP contribution in [0.3, 0.4) is 0 Å². The van der Waals surface area contributed by atoms with Crippen molar-refractivity contribution in [1.82, 2.24) is 10.2 Å². The van der Waals surface area contributed by atoms with Gasteiger partial charge in [-0.15, -0.1) is 0 Å². The van der Waals surface area contributed by atoms with Crippen LogP contribution in [0.25, 0.3) is 20.9 Å². The summed E-state index contributed by atoms with van der Waals surface area (Å²) in [4.78, 5) is 30.5. The summed E-state index contributed by atoms with van der Waals surface area (Å²) in [7, 11) is 0. The molecule has 0 aromatic carbocycles. The molecular weight excluding hydrogens is 376 g/mol. The van der Waals surface area contributed by atoms with E-state index in [2.05, 4.69) is 41.3 Å². The number of halogens is 1. The van der Waals surface area contributed by atoms with Gasteiger partial charge >= 0.3 is 6.03 Å². The molecule has 2 fully saturated rings. The van der Waals surface area contributed by atoms with Gasteiger partial charge in [-0.25, -0.2) is 4.79 Å². The van der Waals surface area contributed by atoms with E-state index in [1.54, 1.807) is 0 Å². The van der Waals surface area contributed by atoms with Crippen molar-refractivity contribution in [2.24, 2.45) is 10.2 Å². The highest BCUT2D eigenvalue weighted by molar-refractivity contribution is 9.10. The van der Waals surface area contributed by atoms with Gasteiger partial charge in [0.25, 0.3) is 0 Å². The van der Waals surface area contributed by atoms with Crippen molar-refractivity contribution in [3.05, 3.63) is 20.9 Å². The van der Waals surface area contributed by atoms with Gasteiger partial charge in [0.2, 0.25) is 5.91 Å². The molecule has 2 aliphatic heterocycles. The molecule has 0 saturated carbocycles. The number of nitrogens with zero attached hydrogens (tertiary/aromatic N) is 7. The maximum absolute atomic E-state index is 12.2. The summed E-state index contributed by atoms with van der Waals surface area (Å²) < 4.78 is 4.17. The number of nitrogens with one attached hydrogen (secondary N) is 1. The van der Waals surface area contributed by atoms with Crippen LogP contribution in [0.4, 0.5) is 4.79 Å². The van der Waals surface area contributed by atoms with Crippen molar-refractivity contribution in [1.29, 1.82) is 0 Å². The summed E-state index contributed by atoms with van der Waals surface area (Å²) in [5.41, 5.74) is 17.3. The van der Waals surface area contributed by atoms with E-state index in [0.29, 0.717) is 0 Å². The molecule has 0 unspecified atom stereocenters. The van der Waals surface area contributed by atoms with Crippen LogP contribution in [0.5, 0.6) is 0 Å². The number of amides is 3. The number of carbonyl (C=O) groups excluding carboxylic acids is 2. The predicted molar refractivity (Wildman–Crippen MR) is 78.9 cm³/mol. The second-order valence-corrected chi connectivity index (χ2v) is 6.79. The second kappa shape index (κ2) is 6.60. The molecular formula is C10H13BrN8O4. The van der Waals surface area contributed by atoms with Crippen LogP contribution in [0, 0.1) is 0 Å². The molecule has 2 heterocycles. The summed E-state index contributed by atoms with van der Waals surface area (Å²) in [5, 5.41) is 18.5. The van der Waals surface area contributed by atoms with Crippen LogP contribution in [-0.2, 0) is 9.53 Å². The van der Waals surface area contributed by atoms with Gasteiger partial charge in [0.1, 0.15) is 16.7 Å². The third kappa shape index (κ3) is 3.05. The van der Waals surface area contributed by atoms with Gasteiger partial charge in [0, 0.05) is 16.2 Å². The molecule has 13 heteroatoms. The minimum atomic E-state index is -1.36. The molecule has 23 heavy (non-hydrogen) atoms. The molecule has 2 aliphatic rings. The van der Waals surface area contributed by atoms with E-state index in [-0.39, 0.29) is 6.42 Å². The predicted octanol–water partition coefficient (Wildman–Crippen LogP) is 1.11. The minimum Gasteiger partial charge on any atom is -0.394 e. The number of rotatable bonds is 4. The van der Waals surface area contributed by atoms with Crippen LogP contribution in [0.1, 0.15) is 13.3 Å². The van der Waals surface area contributed by atoms with E-state index in [1.807, 2.05) is 0 Å². The number of urea groups is 1. The molecule has 0 radical (unpaired) electrons. The summed E-state index contributed by atoms with van der Waals surface area (Å²) in [6, 6.07) is -1.48. The van der Waals surface area contributed by atoms with Crippen molar-refractivity contribution in [3.63, 3.8) is 0 Å². The number of hydrogen-bond donors (Lipinski definition) is 2. The van der Waals surface area contributed by atoms with Crippen LogP contribution in [0.15, 0.2) is 10.2 Å². The van der Waals surface area contributed by atoms with E-state index in [1.165, 1.54) is 6.92 Å². The number of alkyl halides is 1. The largest absolute Gasteiger partial charge is 0.394 e. The van der Waals surface area contributed by atoms with Gasteiger partial charge in [0.15, 0.2) is 0 Å². The fourth-order valence-electron chi connectivity index (χ4n) is 2.51. The minimum absolute atomic E-state index is 0.0947. The first kappa shape index (κ1) is 17.3. The Balaban J connectivity index is 2.35. The number of imide groups is 1. The molecule has 124 valence electrons. The fourth-order valence-corrected chi connectivity index (χ4v) is 2.92. The highest BCUT2D eigenvalue weighted by atomic mass is 79.9. The second-order valence-electron chi connectivity index (χ2n) is 5.14. The van der Waals surface area contributed by atoms with Crippen molar-refractivity contribution in [2.45, 2.75) is 42.2 Å². The molecule has 3 amide bonds. The van der Waals surface area contributed by atoms with Gasteiger partial charge in [-0.3, -0.25) is 15.0 Å². The molecule has 0 aromatic heterocycles. The number of hydrogen-bond acceptors (Lipinski definition) is 6. The SMILES string of the molecule is C[C@]1(Br)C(=O)NC(=O)N([C@H]2C[C@H](N=[N+]=[N-])[C@@H](CO)O2)[C@@H]1N=[N+]=[N-]. The number of aliphatic hydroxyl groups is 1. The molecule has 2 rings (SSSR count). The molecule has 5 atom stereocenters. The standard InChI is InChI=1S/C10H13BrN8O4/c1-10(11)7(16-18-13)19(9(22)14-8(10)21)6-2-4(15-17-12)5(3-20)23-6/h4-7,20H,2-3H2,1H3,(H,14,21,22)/t4-,5+,6+,7-,10+/m0/s1. The van der Waals surface area contributed by atoms with Crippen LogP contribution in [-0.4, -0.2) is 57.4 Å². The number of azide groups is 2. The Morgan fingerprint density at radius 1 is 1.48 bits per heavy atom. The molecule has 0 aromatic rings. The zero-order valence-electron chi connectivity index (χ0n) is 11.9. The van der Waals surface area contributed by atoms with E-state index >= 15 is 0 Å². The lowest BCUT2D eigenvalue weighted by atomic mass is 10.0. The van der Waals surface area contributed by atoms with Crippen molar-refractivity contribution >= 4 is 27.9 Å². The normalized spacial score (nSPS) is 36.9. The third-order valence-electron chi connectivity index (χ3n) is 3.70. The Labute approximate surface area is 138 Å². The summed E-state index contributed by atoms with van der Waals surface area (Å²) in [6.07, 6.45) is -2.82. The smallest absolute Gasteiger partial charge is 0.326 e. The Hall–Kier alpha value is -2.04. The average molecular weight is 389 g/mol. The van der Waals surface area contributed by atoms with Gasteiger partial charge in [-0.1, -0.05) is 26.2 Å². The molecule has 2 N–H and O–H groups in total. The lowest BCUT2D eigenvalue weighted by Crippen LogP contribution is -2.67. The Kier molecular flexibility index (Phi) is 4.97. The number of carbonyl (C=O) groups is 2. The topological polar surface area (TPSA) is 176 Å². The maximum atomic E-state index is 12.2. The summed E-state index contributed by atoms with van der Waals surface area (Å²) >= 11 is 3.16. The van der Waals surface area contributed by atoms with Gasteiger partial charge in [-0.05, 0) is 18.0 Å². The van der Waals surface area contributed by atoms with E-state index < -0.39 is 47.4 Å². The molecule has 0 bridgehead atoms. The van der Waals surface area contributed by atoms with E-state index in [9.17, 15) is 14.7 Å². The van der Waals surface area contributed by atoms with Crippen molar-refractivity contribution in [2.75, 3.05) is 6.61 Å². The lowest BCUT2D eigenvalue weighted by Gasteiger charge is -2.43. The highest BCUT2D eigenvalue weighted by Gasteiger charge is 2.53. The zero-order chi connectivity index (χ0) is 17.2. The molecule has 2 saturated heterocycles. The third-order valence-corrected chi connectivity index (χ3v) is 4.47. The maximum Gasteiger partial charge on any atom is 0.326 e. The number of aliphatic hydroxyl groups excluding tert-OH is 1. The molecule has 12 nitrogen and oxygen atoms in total. The fraction of sp³-hybridized carbons (Fsp3) is 0.800. The van der Waals surface area contributed by atoms with E-state index in [4.69, 9.17) is 15.8 Å². The number of ether oxygens (including phenoxy) is 1. The van der Waals surface area contributed by atoms with Crippen molar-refractivity contribution in [3.8, 4) is 0 Å². The van der Waals surface area contributed by atoms with Crippen LogP contribution < -0.4 is 5.32 Å². The lowest BCUT2D eigenvalue weighted by molar-refractivity contribution is -0.129. The first-order valence-electron chi connectivity index (χ1n) is 6.54. The van der Waals surface area contributed by atoms with E-state index in [0.717, 1.165) is 4.90 Å². The summed E-state index contributed by atoms with van der Waals surface area (Å²) in [5.74, 6) is -0.653. The zero-order valence-corrected chi connectivity index (χ0v) is 13.5.